The zero-order chi connectivity index (χ0) is 21.7. The molecule has 0 aliphatic rings. The van der Waals surface area contributed by atoms with Crippen LogP contribution in [0.1, 0.15) is 35.3 Å². The average molecular weight is 413 g/mol. The van der Waals surface area contributed by atoms with Gasteiger partial charge in [0.2, 0.25) is 0 Å². The Bertz CT molecular complexity index is 1060. The first-order valence-electron chi connectivity index (χ1n) is 9.33. The fourth-order valence-electron chi connectivity index (χ4n) is 2.82. The molecule has 2 aromatic heterocycles. The number of pyridine rings is 2. The Morgan fingerprint density at radius 3 is 2.67 bits per heavy atom. The fourth-order valence-corrected chi connectivity index (χ4v) is 2.82. The van der Waals surface area contributed by atoms with E-state index in [0.717, 1.165) is 0 Å². The molecule has 0 unspecified atom stereocenters. The second kappa shape index (κ2) is 9.41. The number of hydrogen-bond acceptors (Lipinski definition) is 5. The molecule has 3 aromatic rings. The van der Waals surface area contributed by atoms with Crippen LogP contribution in [-0.4, -0.2) is 27.1 Å². The lowest BCUT2D eigenvalue weighted by Gasteiger charge is -2.11. The molecule has 156 valence electrons. The number of nitrogens with one attached hydrogen (secondary N) is 1. The third-order valence-corrected chi connectivity index (χ3v) is 4.21. The standard InChI is InChI=1S/C22H21F2N3O3/c1-13(2)30-22-19(24)8-14(11-27-22)10-26-21(29)17-9-15(5-6-18(17)23)20-16(12-28)4-3-7-25-20/h3-9,11,13,28H,10,12H2,1-2H3,(H,26,29). The van der Waals surface area contributed by atoms with Gasteiger partial charge in [-0.25, -0.2) is 13.8 Å². The van der Waals surface area contributed by atoms with Crippen LogP contribution < -0.4 is 10.1 Å². The zero-order valence-electron chi connectivity index (χ0n) is 16.5. The number of carbonyl (C=O) groups is 1. The molecule has 6 nitrogen and oxygen atoms in total. The largest absolute Gasteiger partial charge is 0.473 e. The minimum atomic E-state index is -0.706. The lowest BCUT2D eigenvalue weighted by Crippen LogP contribution is -2.24. The van der Waals surface area contributed by atoms with Gasteiger partial charge >= 0.3 is 0 Å². The monoisotopic (exact) mass is 413 g/mol. The Hall–Kier alpha value is -3.39. The van der Waals surface area contributed by atoms with Crippen molar-refractivity contribution < 1.29 is 23.4 Å². The molecule has 2 N–H and O–H groups in total. The Labute approximate surface area is 172 Å². The molecule has 1 amide bonds. The molecule has 0 radical (unpaired) electrons. The lowest BCUT2D eigenvalue weighted by molar-refractivity contribution is 0.0947. The van der Waals surface area contributed by atoms with Gasteiger partial charge in [0.1, 0.15) is 5.82 Å². The molecule has 0 fully saturated rings. The summed E-state index contributed by atoms with van der Waals surface area (Å²) in [4.78, 5) is 20.6. The topological polar surface area (TPSA) is 84.3 Å². The highest BCUT2D eigenvalue weighted by molar-refractivity contribution is 5.95. The van der Waals surface area contributed by atoms with E-state index in [-0.39, 0.29) is 30.7 Å². The Balaban J connectivity index is 1.77. The van der Waals surface area contributed by atoms with E-state index in [1.165, 1.54) is 30.5 Å². The molecule has 0 atom stereocenters. The molecule has 2 heterocycles. The second-order valence-electron chi connectivity index (χ2n) is 6.84. The molecule has 1 aromatic carbocycles. The van der Waals surface area contributed by atoms with Crippen LogP contribution in [0.15, 0.2) is 48.8 Å². The van der Waals surface area contributed by atoms with Crippen LogP contribution in [0.5, 0.6) is 5.88 Å². The van der Waals surface area contributed by atoms with Gasteiger partial charge in [0.05, 0.1) is 24.0 Å². The van der Waals surface area contributed by atoms with E-state index in [4.69, 9.17) is 4.74 Å². The van der Waals surface area contributed by atoms with Gasteiger partial charge in [-0.15, -0.1) is 0 Å². The number of aromatic nitrogens is 2. The average Bonchev–Trinajstić information content (AvgIpc) is 2.74. The SMILES string of the molecule is CC(C)Oc1ncc(CNC(=O)c2cc(-c3ncccc3CO)ccc2F)cc1F. The Morgan fingerprint density at radius 1 is 1.17 bits per heavy atom. The first kappa shape index (κ1) is 21.3. The highest BCUT2D eigenvalue weighted by Gasteiger charge is 2.16. The van der Waals surface area contributed by atoms with Crippen LogP contribution in [0.2, 0.25) is 0 Å². The van der Waals surface area contributed by atoms with Gasteiger partial charge in [0.25, 0.3) is 11.8 Å². The van der Waals surface area contributed by atoms with E-state index in [1.807, 2.05) is 0 Å². The van der Waals surface area contributed by atoms with Crippen molar-refractivity contribution in [1.82, 2.24) is 15.3 Å². The number of carbonyl (C=O) groups excluding carboxylic acids is 1. The highest BCUT2D eigenvalue weighted by Crippen LogP contribution is 2.24. The van der Waals surface area contributed by atoms with Crippen molar-refractivity contribution in [2.45, 2.75) is 33.1 Å². The first-order valence-corrected chi connectivity index (χ1v) is 9.33. The van der Waals surface area contributed by atoms with Gasteiger partial charge in [-0.2, -0.15) is 0 Å². The van der Waals surface area contributed by atoms with E-state index < -0.39 is 17.5 Å². The minimum absolute atomic E-state index is 0.0418. The van der Waals surface area contributed by atoms with Gasteiger partial charge in [-0.3, -0.25) is 9.78 Å². The van der Waals surface area contributed by atoms with Crippen LogP contribution >= 0.6 is 0 Å². The van der Waals surface area contributed by atoms with Gasteiger partial charge in [0.15, 0.2) is 5.82 Å². The van der Waals surface area contributed by atoms with Gasteiger partial charge in [-0.05, 0) is 49.7 Å². The third-order valence-electron chi connectivity index (χ3n) is 4.21. The molecule has 3 rings (SSSR count). The number of aliphatic hydroxyl groups excluding tert-OH is 1. The number of aliphatic hydroxyl groups is 1. The molecular weight excluding hydrogens is 392 g/mol. The summed E-state index contributed by atoms with van der Waals surface area (Å²) in [6, 6.07) is 8.60. The predicted octanol–water partition coefficient (Wildman–Crippen LogP) is 3.63. The minimum Gasteiger partial charge on any atom is -0.473 e. The molecular formula is C22H21F2N3O3. The van der Waals surface area contributed by atoms with E-state index in [2.05, 4.69) is 15.3 Å². The van der Waals surface area contributed by atoms with Crippen LogP contribution in [0.4, 0.5) is 8.78 Å². The maximum Gasteiger partial charge on any atom is 0.254 e. The number of amides is 1. The molecule has 0 aliphatic heterocycles. The summed E-state index contributed by atoms with van der Waals surface area (Å²) in [5, 5.41) is 12.0. The van der Waals surface area contributed by atoms with Crippen LogP contribution in [0.3, 0.4) is 0 Å². The number of nitrogens with zero attached hydrogens (tertiary/aromatic N) is 2. The lowest BCUT2D eigenvalue weighted by atomic mass is 10.0. The number of benzene rings is 1. The third kappa shape index (κ3) is 4.96. The van der Waals surface area contributed by atoms with Crippen LogP contribution in [0, 0.1) is 11.6 Å². The van der Waals surface area contributed by atoms with E-state index in [0.29, 0.717) is 22.4 Å². The summed E-state index contributed by atoms with van der Waals surface area (Å²) in [6.45, 7) is 3.23. The summed E-state index contributed by atoms with van der Waals surface area (Å²) in [6.07, 6.45) is 2.71. The summed E-state index contributed by atoms with van der Waals surface area (Å²) in [5.41, 5.74) is 1.73. The zero-order valence-corrected chi connectivity index (χ0v) is 16.5. The number of ether oxygens (including phenoxy) is 1. The number of halogens is 2. The summed E-state index contributed by atoms with van der Waals surface area (Å²) < 4.78 is 33.5. The normalized spacial score (nSPS) is 10.9. The molecule has 8 heteroatoms. The first-order chi connectivity index (χ1) is 14.4. The molecule has 0 bridgehead atoms. The molecule has 0 spiro atoms. The molecule has 0 saturated carbocycles. The van der Waals surface area contributed by atoms with Gasteiger partial charge < -0.3 is 15.2 Å². The predicted molar refractivity (Wildman–Crippen MR) is 107 cm³/mol. The van der Waals surface area contributed by atoms with Crippen molar-refractivity contribution >= 4 is 5.91 Å². The number of hydrogen-bond donors (Lipinski definition) is 2. The highest BCUT2D eigenvalue weighted by atomic mass is 19.1. The van der Waals surface area contributed by atoms with Crippen molar-refractivity contribution in [3.63, 3.8) is 0 Å². The maximum atomic E-state index is 14.3. The smallest absolute Gasteiger partial charge is 0.254 e. The maximum absolute atomic E-state index is 14.3. The van der Waals surface area contributed by atoms with Gasteiger partial charge in [0, 0.05) is 30.1 Å². The molecule has 0 aliphatic carbocycles. The van der Waals surface area contributed by atoms with Crippen molar-refractivity contribution in [2.75, 3.05) is 0 Å². The Kier molecular flexibility index (Phi) is 6.68. The van der Waals surface area contributed by atoms with E-state index >= 15 is 0 Å². The quantitative estimate of drug-likeness (QED) is 0.618. The van der Waals surface area contributed by atoms with E-state index in [1.54, 1.807) is 32.2 Å². The fraction of sp³-hybridized carbons (Fsp3) is 0.227. The molecule has 30 heavy (non-hydrogen) atoms. The van der Waals surface area contributed by atoms with Crippen molar-refractivity contribution in [3.05, 3.63) is 77.1 Å². The van der Waals surface area contributed by atoms with Crippen molar-refractivity contribution in [2.24, 2.45) is 0 Å². The van der Waals surface area contributed by atoms with Gasteiger partial charge in [-0.1, -0.05) is 6.07 Å². The molecule has 0 saturated heterocycles. The number of rotatable bonds is 7. The van der Waals surface area contributed by atoms with Crippen LogP contribution in [0.25, 0.3) is 11.3 Å². The second-order valence-corrected chi connectivity index (χ2v) is 6.84. The van der Waals surface area contributed by atoms with Crippen molar-refractivity contribution in [1.29, 1.82) is 0 Å². The van der Waals surface area contributed by atoms with Crippen LogP contribution in [-0.2, 0) is 13.2 Å². The van der Waals surface area contributed by atoms with Crippen molar-refractivity contribution in [3.8, 4) is 17.1 Å². The summed E-state index contributed by atoms with van der Waals surface area (Å²) >= 11 is 0. The summed E-state index contributed by atoms with van der Waals surface area (Å²) in [5.74, 6) is -2.13. The summed E-state index contributed by atoms with van der Waals surface area (Å²) in [7, 11) is 0. The van der Waals surface area contributed by atoms with E-state index in [9.17, 15) is 18.7 Å². The Morgan fingerprint density at radius 2 is 1.97 bits per heavy atom.